The molecule has 1 saturated heterocycles. The molecular formula is C22H27N3O4S. The number of rotatable bonds is 6. The van der Waals surface area contributed by atoms with Crippen molar-refractivity contribution in [1.82, 2.24) is 9.62 Å². The average molecular weight is 430 g/mol. The van der Waals surface area contributed by atoms with Crippen LogP contribution >= 0.6 is 0 Å². The average Bonchev–Trinajstić information content (AvgIpc) is 2.74. The van der Waals surface area contributed by atoms with Gasteiger partial charge < -0.3 is 10.6 Å². The maximum absolute atomic E-state index is 12.8. The minimum atomic E-state index is -3.34. The van der Waals surface area contributed by atoms with Gasteiger partial charge >= 0.3 is 0 Å². The van der Waals surface area contributed by atoms with Crippen molar-refractivity contribution in [3.05, 3.63) is 65.7 Å². The Kier molecular flexibility index (Phi) is 6.89. The van der Waals surface area contributed by atoms with Gasteiger partial charge in [-0.05, 0) is 37.5 Å². The van der Waals surface area contributed by atoms with Crippen LogP contribution in [0.5, 0.6) is 0 Å². The molecule has 2 amide bonds. The molecule has 30 heavy (non-hydrogen) atoms. The molecule has 0 aliphatic carbocycles. The van der Waals surface area contributed by atoms with Gasteiger partial charge in [-0.1, -0.05) is 42.5 Å². The lowest BCUT2D eigenvalue weighted by molar-refractivity contribution is -0.120. The molecule has 0 unspecified atom stereocenters. The summed E-state index contributed by atoms with van der Waals surface area (Å²) >= 11 is 0. The van der Waals surface area contributed by atoms with Gasteiger partial charge in [0.15, 0.2) is 0 Å². The van der Waals surface area contributed by atoms with Crippen LogP contribution in [0, 0.1) is 5.92 Å². The smallest absolute Gasteiger partial charge is 0.253 e. The van der Waals surface area contributed by atoms with Gasteiger partial charge in [0.05, 0.1) is 29.5 Å². The maximum Gasteiger partial charge on any atom is 0.253 e. The van der Waals surface area contributed by atoms with Crippen molar-refractivity contribution in [3.63, 3.8) is 0 Å². The Morgan fingerprint density at radius 1 is 1.07 bits per heavy atom. The summed E-state index contributed by atoms with van der Waals surface area (Å²) in [7, 11) is -3.34. The number of nitrogens with zero attached hydrogens (tertiary/aromatic N) is 1. The lowest BCUT2D eigenvalue weighted by Gasteiger charge is -2.30. The SMILES string of the molecule is C[C@@H](NC(=O)c1ccccc1NC(=O)[C@H]1CCCN(S(C)(=O)=O)C1)c1ccccc1. The molecule has 3 rings (SSSR count). The van der Waals surface area contributed by atoms with E-state index in [0.29, 0.717) is 30.6 Å². The number of carbonyl (C=O) groups is 2. The number of piperidine rings is 1. The normalized spacial score (nSPS) is 18.4. The number of hydrogen-bond acceptors (Lipinski definition) is 4. The molecule has 1 aliphatic heterocycles. The maximum atomic E-state index is 12.8. The number of hydrogen-bond donors (Lipinski definition) is 2. The molecule has 2 N–H and O–H groups in total. The van der Waals surface area contributed by atoms with Crippen LogP contribution in [-0.4, -0.2) is 43.9 Å². The number of anilines is 1. The Morgan fingerprint density at radius 3 is 2.43 bits per heavy atom. The molecule has 0 aromatic heterocycles. The van der Waals surface area contributed by atoms with E-state index in [9.17, 15) is 18.0 Å². The molecule has 2 aromatic carbocycles. The largest absolute Gasteiger partial charge is 0.345 e. The van der Waals surface area contributed by atoms with Crippen LogP contribution in [0.1, 0.15) is 41.7 Å². The van der Waals surface area contributed by atoms with Gasteiger partial charge in [-0.25, -0.2) is 12.7 Å². The number of amides is 2. The molecule has 0 bridgehead atoms. The summed E-state index contributed by atoms with van der Waals surface area (Å²) in [6.45, 7) is 2.49. The fraction of sp³-hybridized carbons (Fsp3) is 0.364. The monoisotopic (exact) mass is 429 g/mol. The lowest BCUT2D eigenvalue weighted by Crippen LogP contribution is -2.43. The van der Waals surface area contributed by atoms with Crippen molar-refractivity contribution in [2.75, 3.05) is 24.7 Å². The molecule has 1 aliphatic rings. The van der Waals surface area contributed by atoms with Gasteiger partial charge in [0.25, 0.3) is 5.91 Å². The van der Waals surface area contributed by atoms with Crippen molar-refractivity contribution in [1.29, 1.82) is 0 Å². The highest BCUT2D eigenvalue weighted by atomic mass is 32.2. The molecule has 8 heteroatoms. The van der Waals surface area contributed by atoms with Crippen molar-refractivity contribution in [2.45, 2.75) is 25.8 Å². The van der Waals surface area contributed by atoms with Gasteiger partial charge in [-0.3, -0.25) is 9.59 Å². The summed E-state index contributed by atoms with van der Waals surface area (Å²) < 4.78 is 25.0. The third-order valence-electron chi connectivity index (χ3n) is 5.30. The van der Waals surface area contributed by atoms with Gasteiger partial charge in [-0.2, -0.15) is 0 Å². The first kappa shape index (κ1) is 22.0. The van der Waals surface area contributed by atoms with E-state index in [0.717, 1.165) is 11.8 Å². The van der Waals surface area contributed by atoms with E-state index < -0.39 is 15.9 Å². The number of para-hydroxylation sites is 1. The molecule has 1 heterocycles. The topological polar surface area (TPSA) is 95.6 Å². The Hall–Kier alpha value is -2.71. The summed E-state index contributed by atoms with van der Waals surface area (Å²) in [6.07, 6.45) is 2.39. The van der Waals surface area contributed by atoms with Crippen LogP contribution in [-0.2, 0) is 14.8 Å². The van der Waals surface area contributed by atoms with Crippen molar-refractivity contribution in [2.24, 2.45) is 5.92 Å². The van der Waals surface area contributed by atoms with E-state index in [4.69, 9.17) is 0 Å². The Labute approximate surface area is 177 Å². The number of carbonyl (C=O) groups excluding carboxylic acids is 2. The summed E-state index contributed by atoms with van der Waals surface area (Å²) in [4.78, 5) is 25.6. The highest BCUT2D eigenvalue weighted by Gasteiger charge is 2.30. The number of nitrogens with one attached hydrogen (secondary N) is 2. The summed E-state index contributed by atoms with van der Waals surface area (Å²) in [5, 5.41) is 5.78. The number of sulfonamides is 1. The van der Waals surface area contributed by atoms with Crippen LogP contribution in [0.2, 0.25) is 0 Å². The zero-order valence-electron chi connectivity index (χ0n) is 17.2. The van der Waals surface area contributed by atoms with E-state index in [1.807, 2.05) is 37.3 Å². The second kappa shape index (κ2) is 9.40. The Balaban J connectivity index is 1.70. The van der Waals surface area contributed by atoms with Crippen molar-refractivity contribution in [3.8, 4) is 0 Å². The van der Waals surface area contributed by atoms with Crippen LogP contribution in [0.4, 0.5) is 5.69 Å². The van der Waals surface area contributed by atoms with Gasteiger partial charge in [0.1, 0.15) is 0 Å². The van der Waals surface area contributed by atoms with Crippen LogP contribution < -0.4 is 10.6 Å². The van der Waals surface area contributed by atoms with Gasteiger partial charge in [0, 0.05) is 13.1 Å². The molecule has 0 radical (unpaired) electrons. The summed E-state index contributed by atoms with van der Waals surface area (Å²) in [5.74, 6) is -1.02. The fourth-order valence-corrected chi connectivity index (χ4v) is 4.49. The first-order valence-electron chi connectivity index (χ1n) is 9.96. The standard InChI is InChI=1S/C22H27N3O4S/c1-16(17-9-4-3-5-10-17)23-22(27)19-12-6-7-13-20(19)24-21(26)18-11-8-14-25(15-18)30(2,28)29/h3-7,9-10,12-13,16,18H,8,11,14-15H2,1-2H3,(H,23,27)(H,24,26)/t16-,18+/m1/s1. The lowest BCUT2D eigenvalue weighted by atomic mass is 9.98. The van der Waals surface area contributed by atoms with Crippen LogP contribution in [0.15, 0.2) is 54.6 Å². The molecule has 2 atom stereocenters. The van der Waals surface area contributed by atoms with Gasteiger partial charge in [0.2, 0.25) is 15.9 Å². The third kappa shape index (κ3) is 5.46. The third-order valence-corrected chi connectivity index (χ3v) is 6.57. The van der Waals surface area contributed by atoms with Crippen LogP contribution in [0.3, 0.4) is 0 Å². The Morgan fingerprint density at radius 2 is 1.73 bits per heavy atom. The summed E-state index contributed by atoms with van der Waals surface area (Å²) in [6, 6.07) is 16.3. The minimum Gasteiger partial charge on any atom is -0.345 e. The minimum absolute atomic E-state index is 0.157. The Bertz CT molecular complexity index is 1010. The molecule has 0 saturated carbocycles. The predicted octanol–water partition coefficient (Wildman–Crippen LogP) is 2.79. The van der Waals surface area contributed by atoms with E-state index in [1.165, 1.54) is 4.31 Å². The van der Waals surface area contributed by atoms with Crippen LogP contribution in [0.25, 0.3) is 0 Å². The molecule has 2 aromatic rings. The molecule has 1 fully saturated rings. The molecule has 0 spiro atoms. The molecule has 7 nitrogen and oxygen atoms in total. The summed E-state index contributed by atoms with van der Waals surface area (Å²) in [5.41, 5.74) is 1.76. The molecule has 160 valence electrons. The number of benzene rings is 2. The van der Waals surface area contributed by atoms with E-state index in [2.05, 4.69) is 10.6 Å². The highest BCUT2D eigenvalue weighted by molar-refractivity contribution is 7.88. The zero-order chi connectivity index (χ0) is 21.7. The van der Waals surface area contributed by atoms with E-state index in [-0.39, 0.29) is 24.4 Å². The fourth-order valence-electron chi connectivity index (χ4n) is 3.58. The van der Waals surface area contributed by atoms with Crippen molar-refractivity contribution >= 4 is 27.5 Å². The second-order valence-corrected chi connectivity index (χ2v) is 9.58. The van der Waals surface area contributed by atoms with Gasteiger partial charge in [-0.15, -0.1) is 0 Å². The van der Waals surface area contributed by atoms with E-state index >= 15 is 0 Å². The predicted molar refractivity (Wildman–Crippen MR) is 117 cm³/mol. The van der Waals surface area contributed by atoms with E-state index in [1.54, 1.807) is 24.3 Å². The quantitative estimate of drug-likeness (QED) is 0.738. The second-order valence-electron chi connectivity index (χ2n) is 7.60. The highest BCUT2D eigenvalue weighted by Crippen LogP contribution is 2.23. The zero-order valence-corrected chi connectivity index (χ0v) is 18.0. The molecular weight excluding hydrogens is 402 g/mol. The van der Waals surface area contributed by atoms with Crippen molar-refractivity contribution < 1.29 is 18.0 Å². The first-order chi connectivity index (χ1) is 14.3. The first-order valence-corrected chi connectivity index (χ1v) is 11.8.